The number of ketones is 1. The molecule has 1 amide bonds. The molecule has 1 aliphatic heterocycles. The number of Topliss-reactive ketones (excluding diaryl/α,β-unsaturated/α-hetero) is 1. The molecule has 0 aromatic heterocycles. The van der Waals surface area contributed by atoms with Crippen LogP contribution in [0.5, 0.6) is 23.0 Å². The van der Waals surface area contributed by atoms with Gasteiger partial charge < -0.3 is 29.0 Å². The summed E-state index contributed by atoms with van der Waals surface area (Å²) in [5.41, 5.74) is 1.49. The molecule has 0 aliphatic carbocycles. The van der Waals surface area contributed by atoms with Crippen molar-refractivity contribution < 1.29 is 33.6 Å². The Morgan fingerprint density at radius 2 is 1.41 bits per heavy atom. The number of halogens is 2. The fraction of sp³-hybridized carbons (Fsp3) is 0.241. The number of ether oxygens (including phenoxy) is 4. The van der Waals surface area contributed by atoms with Crippen LogP contribution in [0.1, 0.15) is 22.7 Å². The molecule has 3 aromatic carbocycles. The molecule has 39 heavy (non-hydrogen) atoms. The molecule has 204 valence electrons. The highest BCUT2D eigenvalue weighted by molar-refractivity contribution is 6.47. The SMILES string of the molecule is COc1ccc(CCN2C(=O)C(=O)/C(=C(/O)c3cc(Cl)c(OC)c(Cl)c3OC)C2c2ccc(OC)cc2)cc1. The summed E-state index contributed by atoms with van der Waals surface area (Å²) in [5, 5.41) is 11.6. The first-order valence-electron chi connectivity index (χ1n) is 11.9. The van der Waals surface area contributed by atoms with Gasteiger partial charge in [0.1, 0.15) is 22.3 Å². The van der Waals surface area contributed by atoms with E-state index >= 15 is 0 Å². The molecule has 1 atom stereocenters. The van der Waals surface area contributed by atoms with E-state index in [2.05, 4.69) is 0 Å². The predicted octanol–water partition coefficient (Wildman–Crippen LogP) is 5.69. The molecule has 8 nitrogen and oxygen atoms in total. The zero-order valence-corrected chi connectivity index (χ0v) is 23.3. The summed E-state index contributed by atoms with van der Waals surface area (Å²) in [4.78, 5) is 28.2. The molecular formula is C29H27Cl2NO7. The van der Waals surface area contributed by atoms with Gasteiger partial charge >= 0.3 is 0 Å². The van der Waals surface area contributed by atoms with Crippen LogP contribution >= 0.6 is 23.2 Å². The molecule has 1 saturated heterocycles. The molecule has 0 bridgehead atoms. The van der Waals surface area contributed by atoms with Gasteiger partial charge in [0.2, 0.25) is 0 Å². The van der Waals surface area contributed by atoms with Crippen molar-refractivity contribution in [2.45, 2.75) is 12.5 Å². The van der Waals surface area contributed by atoms with Crippen LogP contribution in [-0.4, -0.2) is 56.7 Å². The standard InChI is InChI=1S/C29H27Cl2NO7/c1-36-18-9-5-16(6-10-18)13-14-32-24(17-7-11-19(37-2)12-8-17)22(26(34)29(32)35)25(33)20-15-21(30)28(39-4)23(31)27(20)38-3/h5-12,15,24,33H,13-14H2,1-4H3/b25-22+. The van der Waals surface area contributed by atoms with E-state index < -0.39 is 23.5 Å². The predicted molar refractivity (Wildman–Crippen MR) is 148 cm³/mol. The summed E-state index contributed by atoms with van der Waals surface area (Å²) < 4.78 is 21.2. The number of carbonyl (C=O) groups excluding carboxylic acids is 2. The van der Waals surface area contributed by atoms with Crippen molar-refractivity contribution >= 4 is 40.7 Å². The van der Waals surface area contributed by atoms with Gasteiger partial charge in [-0.1, -0.05) is 47.5 Å². The van der Waals surface area contributed by atoms with Crippen molar-refractivity contribution in [3.05, 3.63) is 86.9 Å². The Morgan fingerprint density at radius 1 is 0.846 bits per heavy atom. The van der Waals surface area contributed by atoms with Gasteiger partial charge in [-0.2, -0.15) is 0 Å². The molecule has 3 aromatic rings. The maximum Gasteiger partial charge on any atom is 0.295 e. The number of benzene rings is 3. The smallest absolute Gasteiger partial charge is 0.295 e. The minimum Gasteiger partial charge on any atom is -0.507 e. The van der Waals surface area contributed by atoms with E-state index in [1.165, 1.54) is 25.2 Å². The molecule has 1 fully saturated rings. The molecule has 0 spiro atoms. The Morgan fingerprint density at radius 3 is 1.95 bits per heavy atom. The monoisotopic (exact) mass is 571 g/mol. The highest BCUT2D eigenvalue weighted by Gasteiger charge is 2.46. The average molecular weight is 572 g/mol. The van der Waals surface area contributed by atoms with Crippen molar-refractivity contribution in [2.75, 3.05) is 35.0 Å². The number of hydrogen-bond acceptors (Lipinski definition) is 7. The minimum absolute atomic E-state index is 0.0174. The third-order valence-corrected chi connectivity index (χ3v) is 7.19. The van der Waals surface area contributed by atoms with Crippen LogP contribution in [-0.2, 0) is 16.0 Å². The van der Waals surface area contributed by atoms with Crippen LogP contribution in [0, 0.1) is 0 Å². The lowest BCUT2D eigenvalue weighted by atomic mass is 9.94. The highest BCUT2D eigenvalue weighted by atomic mass is 35.5. The van der Waals surface area contributed by atoms with E-state index in [1.807, 2.05) is 24.3 Å². The van der Waals surface area contributed by atoms with Gasteiger partial charge in [0, 0.05) is 6.54 Å². The summed E-state index contributed by atoms with van der Waals surface area (Å²) in [5.74, 6) is -0.535. The van der Waals surface area contributed by atoms with E-state index in [9.17, 15) is 14.7 Å². The summed E-state index contributed by atoms with van der Waals surface area (Å²) in [6.45, 7) is 0.214. The van der Waals surface area contributed by atoms with Crippen molar-refractivity contribution in [2.24, 2.45) is 0 Å². The van der Waals surface area contributed by atoms with Crippen LogP contribution in [0.2, 0.25) is 10.0 Å². The number of hydrogen-bond donors (Lipinski definition) is 1. The molecule has 4 rings (SSSR count). The number of amides is 1. The maximum atomic E-state index is 13.4. The van der Waals surface area contributed by atoms with E-state index in [4.69, 9.17) is 42.1 Å². The molecule has 1 N–H and O–H groups in total. The lowest BCUT2D eigenvalue weighted by Gasteiger charge is -2.26. The number of likely N-dealkylation sites (tertiary alicyclic amines) is 1. The van der Waals surface area contributed by atoms with E-state index in [-0.39, 0.29) is 39.2 Å². The van der Waals surface area contributed by atoms with Gasteiger partial charge in [-0.25, -0.2) is 0 Å². The van der Waals surface area contributed by atoms with Gasteiger partial charge in [0.05, 0.1) is 50.6 Å². The first-order valence-corrected chi connectivity index (χ1v) is 12.7. The molecule has 10 heteroatoms. The average Bonchev–Trinajstić information content (AvgIpc) is 3.21. The molecule has 0 saturated carbocycles. The fourth-order valence-corrected chi connectivity index (χ4v) is 5.26. The largest absolute Gasteiger partial charge is 0.507 e. The molecular weight excluding hydrogens is 545 g/mol. The van der Waals surface area contributed by atoms with Gasteiger partial charge in [-0.05, 0) is 47.9 Å². The summed E-state index contributed by atoms with van der Waals surface area (Å²) in [6.07, 6.45) is 0.466. The minimum atomic E-state index is -0.890. The van der Waals surface area contributed by atoms with Crippen molar-refractivity contribution in [1.29, 1.82) is 0 Å². The number of carbonyl (C=O) groups is 2. The first-order chi connectivity index (χ1) is 18.7. The Kier molecular flexibility index (Phi) is 8.57. The number of aliphatic hydroxyl groups excluding tert-OH is 1. The third kappa shape index (κ3) is 5.35. The molecule has 1 heterocycles. The maximum absolute atomic E-state index is 13.4. The fourth-order valence-electron chi connectivity index (χ4n) is 4.58. The van der Waals surface area contributed by atoms with Crippen LogP contribution in [0.4, 0.5) is 0 Å². The number of nitrogens with zero attached hydrogens (tertiary/aromatic N) is 1. The lowest BCUT2D eigenvalue weighted by Crippen LogP contribution is -2.31. The van der Waals surface area contributed by atoms with E-state index in [0.717, 1.165) is 5.56 Å². The second-order valence-electron chi connectivity index (χ2n) is 8.65. The van der Waals surface area contributed by atoms with Crippen molar-refractivity contribution in [1.82, 2.24) is 4.90 Å². The molecule has 0 radical (unpaired) electrons. The summed E-state index contributed by atoms with van der Waals surface area (Å²) in [7, 11) is 5.88. The van der Waals surface area contributed by atoms with Gasteiger partial charge in [0.15, 0.2) is 11.5 Å². The molecule has 1 aliphatic rings. The molecule has 1 unspecified atom stereocenters. The number of methoxy groups -OCH3 is 4. The van der Waals surface area contributed by atoms with Crippen LogP contribution in [0.15, 0.2) is 60.2 Å². The second-order valence-corrected chi connectivity index (χ2v) is 9.44. The Hall–Kier alpha value is -3.88. The number of rotatable bonds is 9. The van der Waals surface area contributed by atoms with Gasteiger partial charge in [-0.3, -0.25) is 9.59 Å². The third-order valence-electron chi connectivity index (χ3n) is 6.57. The topological polar surface area (TPSA) is 94.5 Å². The summed E-state index contributed by atoms with van der Waals surface area (Å²) >= 11 is 12.8. The summed E-state index contributed by atoms with van der Waals surface area (Å²) in [6, 6.07) is 14.9. The Bertz CT molecular complexity index is 1420. The first kappa shape index (κ1) is 28.1. The Labute approximate surface area is 236 Å². The van der Waals surface area contributed by atoms with Crippen molar-refractivity contribution in [3.8, 4) is 23.0 Å². The van der Waals surface area contributed by atoms with Gasteiger partial charge in [0.25, 0.3) is 11.7 Å². The normalized spacial score (nSPS) is 16.4. The number of aliphatic hydroxyl groups is 1. The van der Waals surface area contributed by atoms with Crippen molar-refractivity contribution in [3.63, 3.8) is 0 Å². The van der Waals surface area contributed by atoms with Crippen LogP contribution in [0.25, 0.3) is 5.76 Å². The van der Waals surface area contributed by atoms with Crippen LogP contribution in [0.3, 0.4) is 0 Å². The zero-order valence-electron chi connectivity index (χ0n) is 21.8. The Balaban J connectivity index is 1.84. The second kappa shape index (κ2) is 11.9. The zero-order chi connectivity index (χ0) is 28.3. The lowest BCUT2D eigenvalue weighted by molar-refractivity contribution is -0.139. The van der Waals surface area contributed by atoms with E-state index in [1.54, 1.807) is 38.5 Å². The van der Waals surface area contributed by atoms with Gasteiger partial charge in [-0.15, -0.1) is 0 Å². The quantitative estimate of drug-likeness (QED) is 0.200. The van der Waals surface area contributed by atoms with E-state index in [0.29, 0.717) is 23.5 Å². The highest BCUT2D eigenvalue weighted by Crippen LogP contribution is 2.47. The van der Waals surface area contributed by atoms with Crippen LogP contribution < -0.4 is 18.9 Å².